The van der Waals surface area contributed by atoms with E-state index in [0.717, 1.165) is 12.1 Å². The molecule has 1 saturated carbocycles. The Morgan fingerprint density at radius 1 is 1.59 bits per heavy atom. The molecule has 5 heteroatoms. The summed E-state index contributed by atoms with van der Waals surface area (Å²) in [4.78, 5) is 16.8. The van der Waals surface area contributed by atoms with Gasteiger partial charge in [-0.3, -0.25) is 4.79 Å². The summed E-state index contributed by atoms with van der Waals surface area (Å²) in [6, 6.07) is 0.262. The van der Waals surface area contributed by atoms with E-state index in [4.69, 9.17) is 5.73 Å². The fourth-order valence-corrected chi connectivity index (χ4v) is 3.18. The minimum Gasteiger partial charge on any atom is -0.375 e. The first-order valence-electron chi connectivity index (χ1n) is 5.94. The lowest BCUT2D eigenvalue weighted by Gasteiger charge is -2.27. The molecule has 1 unspecified atom stereocenters. The molecule has 0 saturated heterocycles. The number of carbonyl (C=O) groups is 1. The summed E-state index contributed by atoms with van der Waals surface area (Å²) < 4.78 is 0. The zero-order chi connectivity index (χ0) is 12.6. The number of nitrogen functional groups attached to an aromatic ring is 1. The monoisotopic (exact) mass is 253 g/mol. The predicted molar refractivity (Wildman–Crippen MR) is 70.1 cm³/mol. The first kappa shape index (κ1) is 12.4. The van der Waals surface area contributed by atoms with Gasteiger partial charge in [-0.2, -0.15) is 0 Å². The summed E-state index contributed by atoms with van der Waals surface area (Å²) in [7, 11) is 0. The van der Waals surface area contributed by atoms with Gasteiger partial charge in [0, 0.05) is 6.04 Å². The van der Waals surface area contributed by atoms with E-state index in [9.17, 15) is 4.79 Å². The predicted octanol–water partition coefficient (Wildman–Crippen LogP) is 2.34. The molecular formula is C12H19N3OS. The van der Waals surface area contributed by atoms with E-state index in [0.29, 0.717) is 10.0 Å². The number of hydrogen-bond donors (Lipinski definition) is 2. The number of nitrogens with two attached hydrogens (primary N) is 1. The molecule has 1 aliphatic carbocycles. The van der Waals surface area contributed by atoms with Crippen LogP contribution in [0, 0.1) is 12.3 Å². The fraction of sp³-hybridized carbons (Fsp3) is 0.667. The highest BCUT2D eigenvalue weighted by molar-refractivity contribution is 7.17. The first-order valence-corrected chi connectivity index (χ1v) is 6.75. The molecule has 1 aliphatic rings. The normalized spacial score (nSPS) is 22.6. The summed E-state index contributed by atoms with van der Waals surface area (Å²) >= 11 is 1.26. The van der Waals surface area contributed by atoms with Crippen LogP contribution >= 0.6 is 11.3 Å². The fourth-order valence-electron chi connectivity index (χ4n) is 2.45. The summed E-state index contributed by atoms with van der Waals surface area (Å²) in [5.41, 5.74) is 6.52. The molecule has 0 radical (unpaired) electrons. The zero-order valence-corrected chi connectivity index (χ0v) is 11.4. The van der Waals surface area contributed by atoms with Crippen LogP contribution < -0.4 is 11.1 Å². The number of aromatic nitrogens is 1. The minimum atomic E-state index is -0.0309. The first-order chi connectivity index (χ1) is 7.90. The maximum absolute atomic E-state index is 12.1. The van der Waals surface area contributed by atoms with Crippen LogP contribution in [0.2, 0.25) is 0 Å². The summed E-state index contributed by atoms with van der Waals surface area (Å²) in [5, 5.41) is 3.57. The van der Waals surface area contributed by atoms with Crippen LogP contribution in [0.3, 0.4) is 0 Å². The maximum atomic E-state index is 12.1. The van der Waals surface area contributed by atoms with Gasteiger partial charge in [-0.15, -0.1) is 0 Å². The highest BCUT2D eigenvalue weighted by Gasteiger charge is 2.35. The molecule has 1 aromatic rings. The van der Waals surface area contributed by atoms with Crippen molar-refractivity contribution >= 4 is 22.4 Å². The maximum Gasteiger partial charge on any atom is 0.263 e. The molecule has 1 amide bonds. The second-order valence-corrected chi connectivity index (χ2v) is 6.40. The molecule has 1 heterocycles. The van der Waals surface area contributed by atoms with Crippen molar-refractivity contribution in [1.29, 1.82) is 0 Å². The van der Waals surface area contributed by atoms with Crippen LogP contribution in [-0.2, 0) is 0 Å². The Balaban J connectivity index is 2.10. The number of nitrogens with one attached hydrogen (secondary N) is 1. The Bertz CT molecular complexity index is 439. The summed E-state index contributed by atoms with van der Waals surface area (Å²) in [6.45, 7) is 6.24. The van der Waals surface area contributed by atoms with Gasteiger partial charge in [0.25, 0.3) is 5.91 Å². The van der Waals surface area contributed by atoms with Gasteiger partial charge in [0.2, 0.25) is 0 Å². The number of nitrogens with zero attached hydrogens (tertiary/aromatic N) is 1. The van der Waals surface area contributed by atoms with E-state index in [1.54, 1.807) is 0 Å². The van der Waals surface area contributed by atoms with Gasteiger partial charge in [0.1, 0.15) is 4.88 Å². The van der Waals surface area contributed by atoms with Crippen molar-refractivity contribution in [3.63, 3.8) is 0 Å². The van der Waals surface area contributed by atoms with Gasteiger partial charge in [-0.1, -0.05) is 31.6 Å². The average molecular weight is 253 g/mol. The van der Waals surface area contributed by atoms with Crippen molar-refractivity contribution in [2.45, 2.75) is 46.1 Å². The van der Waals surface area contributed by atoms with Crippen molar-refractivity contribution in [1.82, 2.24) is 10.3 Å². The molecule has 1 atom stereocenters. The molecule has 2 rings (SSSR count). The average Bonchev–Trinajstić information content (AvgIpc) is 2.70. The van der Waals surface area contributed by atoms with Crippen LogP contribution in [0.1, 0.15) is 48.5 Å². The Morgan fingerprint density at radius 2 is 2.29 bits per heavy atom. The molecule has 1 aromatic heterocycles. The molecule has 3 N–H and O–H groups in total. The highest BCUT2D eigenvalue weighted by atomic mass is 32.1. The summed E-state index contributed by atoms with van der Waals surface area (Å²) in [6.07, 6.45) is 3.41. The van der Waals surface area contributed by atoms with Gasteiger partial charge < -0.3 is 11.1 Å². The SMILES string of the molecule is Cc1nc(N)sc1C(=O)NC1CCCC1(C)C. The van der Waals surface area contributed by atoms with E-state index >= 15 is 0 Å². The molecular weight excluding hydrogens is 234 g/mol. The van der Waals surface area contributed by atoms with Crippen molar-refractivity contribution in [2.24, 2.45) is 5.41 Å². The molecule has 0 bridgehead atoms. The van der Waals surface area contributed by atoms with Gasteiger partial charge in [-0.05, 0) is 25.2 Å². The minimum absolute atomic E-state index is 0.0309. The van der Waals surface area contributed by atoms with E-state index in [2.05, 4.69) is 24.1 Å². The van der Waals surface area contributed by atoms with Crippen molar-refractivity contribution < 1.29 is 4.79 Å². The number of rotatable bonds is 2. The third-order valence-corrected chi connectivity index (χ3v) is 4.57. The third-order valence-electron chi connectivity index (χ3n) is 3.58. The van der Waals surface area contributed by atoms with E-state index in [1.165, 1.54) is 24.2 Å². The van der Waals surface area contributed by atoms with Crippen LogP contribution in [0.25, 0.3) is 0 Å². The van der Waals surface area contributed by atoms with Crippen LogP contribution in [0.15, 0.2) is 0 Å². The lowest BCUT2D eigenvalue weighted by Crippen LogP contribution is -2.41. The Kier molecular flexibility index (Phi) is 3.12. The molecule has 1 fully saturated rings. The molecule has 0 aliphatic heterocycles. The molecule has 94 valence electrons. The van der Waals surface area contributed by atoms with Crippen LogP contribution in [0.5, 0.6) is 0 Å². The molecule has 17 heavy (non-hydrogen) atoms. The largest absolute Gasteiger partial charge is 0.375 e. The smallest absolute Gasteiger partial charge is 0.263 e. The molecule has 4 nitrogen and oxygen atoms in total. The highest BCUT2D eigenvalue weighted by Crippen LogP contribution is 2.37. The number of aryl methyl sites for hydroxylation is 1. The third kappa shape index (κ3) is 2.44. The lowest BCUT2D eigenvalue weighted by molar-refractivity contribution is 0.0913. The van der Waals surface area contributed by atoms with Gasteiger partial charge in [0.15, 0.2) is 5.13 Å². The molecule has 0 aromatic carbocycles. The number of thiazole rings is 1. The number of anilines is 1. The van der Waals surface area contributed by atoms with Crippen molar-refractivity contribution in [2.75, 3.05) is 5.73 Å². The van der Waals surface area contributed by atoms with E-state index < -0.39 is 0 Å². The lowest BCUT2D eigenvalue weighted by atomic mass is 9.87. The van der Waals surface area contributed by atoms with Gasteiger partial charge in [-0.25, -0.2) is 4.98 Å². The number of carbonyl (C=O) groups excluding carboxylic acids is 1. The van der Waals surface area contributed by atoms with E-state index in [1.807, 2.05) is 6.92 Å². The standard InChI is InChI=1S/C12H19N3OS/c1-7-9(17-11(13)14-7)10(16)15-8-5-4-6-12(8,2)3/h8H,4-6H2,1-3H3,(H2,13,14)(H,15,16). The molecule has 0 spiro atoms. The second kappa shape index (κ2) is 4.29. The van der Waals surface area contributed by atoms with Crippen molar-refractivity contribution in [3.05, 3.63) is 10.6 Å². The topological polar surface area (TPSA) is 68.0 Å². The number of hydrogen-bond acceptors (Lipinski definition) is 4. The Labute approximate surface area is 106 Å². The Hall–Kier alpha value is -1.10. The zero-order valence-electron chi connectivity index (χ0n) is 10.5. The quantitative estimate of drug-likeness (QED) is 0.850. The van der Waals surface area contributed by atoms with Crippen LogP contribution in [-0.4, -0.2) is 16.9 Å². The number of amides is 1. The van der Waals surface area contributed by atoms with Crippen molar-refractivity contribution in [3.8, 4) is 0 Å². The van der Waals surface area contributed by atoms with Gasteiger partial charge in [0.05, 0.1) is 5.69 Å². The van der Waals surface area contributed by atoms with E-state index in [-0.39, 0.29) is 17.4 Å². The summed E-state index contributed by atoms with van der Waals surface area (Å²) in [5.74, 6) is -0.0309. The second-order valence-electron chi connectivity index (χ2n) is 5.37. The van der Waals surface area contributed by atoms with Crippen LogP contribution in [0.4, 0.5) is 5.13 Å². The van der Waals surface area contributed by atoms with Gasteiger partial charge >= 0.3 is 0 Å². The Morgan fingerprint density at radius 3 is 2.76 bits per heavy atom.